The van der Waals surface area contributed by atoms with Crippen LogP contribution in [0, 0.1) is 5.82 Å². The number of nitrogens with one attached hydrogen (secondary N) is 1. The Kier molecular flexibility index (Phi) is 4.26. The molecule has 0 radical (unpaired) electrons. The number of benzene rings is 3. The standard InChI is InChI=1S/C22H19FN2O3/c1-22(17-9-7-15-12-18(28-2)10-8-14(15)11-17)20(26)25(21(27)24-22)13-16-5-3-4-6-19(16)23/h3-12H,13H2,1-2H3,(H,24,27)/t22-/m1/s1. The molecule has 0 saturated carbocycles. The zero-order valence-corrected chi connectivity index (χ0v) is 15.5. The Morgan fingerprint density at radius 1 is 1.04 bits per heavy atom. The van der Waals surface area contributed by atoms with Crippen molar-refractivity contribution in [3.05, 3.63) is 77.6 Å². The lowest BCUT2D eigenvalue weighted by Crippen LogP contribution is -2.40. The van der Waals surface area contributed by atoms with E-state index in [2.05, 4.69) is 5.32 Å². The number of nitrogens with zero attached hydrogens (tertiary/aromatic N) is 1. The van der Waals surface area contributed by atoms with Crippen LogP contribution in [0.4, 0.5) is 9.18 Å². The van der Waals surface area contributed by atoms with E-state index >= 15 is 0 Å². The second-order valence-corrected chi connectivity index (χ2v) is 6.97. The summed E-state index contributed by atoms with van der Waals surface area (Å²) in [5.74, 6) is -0.113. The minimum Gasteiger partial charge on any atom is -0.497 e. The van der Waals surface area contributed by atoms with Gasteiger partial charge in [-0.2, -0.15) is 0 Å². The van der Waals surface area contributed by atoms with Crippen LogP contribution in [0.25, 0.3) is 10.8 Å². The van der Waals surface area contributed by atoms with E-state index in [4.69, 9.17) is 4.74 Å². The molecular weight excluding hydrogens is 359 g/mol. The minimum atomic E-state index is -1.21. The van der Waals surface area contributed by atoms with Crippen molar-refractivity contribution in [1.29, 1.82) is 0 Å². The van der Waals surface area contributed by atoms with E-state index in [0.29, 0.717) is 11.1 Å². The highest BCUT2D eigenvalue weighted by Crippen LogP contribution is 2.32. The third-order valence-corrected chi connectivity index (χ3v) is 5.19. The Bertz CT molecular complexity index is 1100. The lowest BCUT2D eigenvalue weighted by Gasteiger charge is -2.23. The van der Waals surface area contributed by atoms with Gasteiger partial charge in [0.1, 0.15) is 17.1 Å². The first kappa shape index (κ1) is 18.0. The monoisotopic (exact) mass is 378 g/mol. The summed E-state index contributed by atoms with van der Waals surface area (Å²) in [6.45, 7) is 1.55. The third kappa shape index (κ3) is 2.87. The van der Waals surface area contributed by atoms with Crippen LogP contribution in [-0.4, -0.2) is 23.9 Å². The SMILES string of the molecule is COc1ccc2cc([C@@]3(C)NC(=O)N(Cc4ccccc4F)C3=O)ccc2c1. The van der Waals surface area contributed by atoms with Crippen LogP contribution in [0.2, 0.25) is 0 Å². The third-order valence-electron chi connectivity index (χ3n) is 5.19. The largest absolute Gasteiger partial charge is 0.497 e. The fraction of sp³-hybridized carbons (Fsp3) is 0.182. The number of carbonyl (C=O) groups excluding carboxylic acids is 2. The quantitative estimate of drug-likeness (QED) is 0.700. The smallest absolute Gasteiger partial charge is 0.325 e. The normalized spacial score (nSPS) is 19.2. The molecule has 0 bridgehead atoms. The summed E-state index contributed by atoms with van der Waals surface area (Å²) in [5.41, 5.74) is -0.253. The van der Waals surface area contributed by atoms with Gasteiger partial charge in [0.05, 0.1) is 13.7 Å². The van der Waals surface area contributed by atoms with Gasteiger partial charge in [-0.05, 0) is 47.5 Å². The van der Waals surface area contributed by atoms with Gasteiger partial charge < -0.3 is 10.1 Å². The van der Waals surface area contributed by atoms with Crippen molar-refractivity contribution in [1.82, 2.24) is 10.2 Å². The van der Waals surface area contributed by atoms with Gasteiger partial charge in [0.15, 0.2) is 0 Å². The highest BCUT2D eigenvalue weighted by molar-refractivity contribution is 6.07. The second kappa shape index (κ2) is 6.64. The highest BCUT2D eigenvalue weighted by atomic mass is 19.1. The molecule has 1 aliphatic heterocycles. The van der Waals surface area contributed by atoms with Gasteiger partial charge in [0.2, 0.25) is 0 Å². The van der Waals surface area contributed by atoms with E-state index < -0.39 is 23.3 Å². The van der Waals surface area contributed by atoms with Crippen molar-refractivity contribution in [2.45, 2.75) is 19.0 Å². The number of imide groups is 1. The van der Waals surface area contributed by atoms with Crippen molar-refractivity contribution in [3.8, 4) is 5.75 Å². The fourth-order valence-corrected chi connectivity index (χ4v) is 3.49. The Morgan fingerprint density at radius 2 is 1.75 bits per heavy atom. The summed E-state index contributed by atoms with van der Waals surface area (Å²) in [7, 11) is 1.60. The van der Waals surface area contributed by atoms with Crippen LogP contribution in [-0.2, 0) is 16.9 Å². The molecular formula is C22H19FN2O3. The topological polar surface area (TPSA) is 58.6 Å². The molecule has 1 fully saturated rings. The van der Waals surface area contributed by atoms with Crippen LogP contribution in [0.15, 0.2) is 60.7 Å². The van der Waals surface area contributed by atoms with Crippen molar-refractivity contribution in [3.63, 3.8) is 0 Å². The molecule has 1 saturated heterocycles. The summed E-state index contributed by atoms with van der Waals surface area (Å²) in [6.07, 6.45) is 0. The minimum absolute atomic E-state index is 0.113. The summed E-state index contributed by atoms with van der Waals surface area (Å²) in [4.78, 5) is 26.6. The number of hydrogen-bond donors (Lipinski definition) is 1. The van der Waals surface area contributed by atoms with Gasteiger partial charge in [-0.25, -0.2) is 9.18 Å². The van der Waals surface area contributed by atoms with E-state index in [1.165, 1.54) is 6.07 Å². The summed E-state index contributed by atoms with van der Waals surface area (Å²) >= 11 is 0. The lowest BCUT2D eigenvalue weighted by molar-refractivity contribution is -0.131. The van der Waals surface area contributed by atoms with Crippen LogP contribution in [0.1, 0.15) is 18.1 Å². The number of fused-ring (bicyclic) bond motifs is 1. The van der Waals surface area contributed by atoms with Crippen molar-refractivity contribution >= 4 is 22.7 Å². The molecule has 5 nitrogen and oxygen atoms in total. The molecule has 142 valence electrons. The average Bonchev–Trinajstić information content (AvgIpc) is 2.92. The molecule has 6 heteroatoms. The first-order chi connectivity index (χ1) is 13.4. The number of carbonyl (C=O) groups is 2. The molecule has 28 heavy (non-hydrogen) atoms. The lowest BCUT2D eigenvalue weighted by atomic mass is 9.90. The van der Waals surface area contributed by atoms with Crippen molar-refractivity contribution in [2.75, 3.05) is 7.11 Å². The van der Waals surface area contributed by atoms with E-state index in [1.807, 2.05) is 36.4 Å². The molecule has 4 rings (SSSR count). The van der Waals surface area contributed by atoms with Gasteiger partial charge in [0.25, 0.3) is 5.91 Å². The first-order valence-electron chi connectivity index (χ1n) is 8.88. The average molecular weight is 378 g/mol. The van der Waals surface area contributed by atoms with Crippen LogP contribution >= 0.6 is 0 Å². The molecule has 0 spiro atoms. The fourth-order valence-electron chi connectivity index (χ4n) is 3.49. The maximum Gasteiger partial charge on any atom is 0.325 e. The summed E-state index contributed by atoms with van der Waals surface area (Å²) < 4.78 is 19.2. The predicted octanol–water partition coefficient (Wildman–Crippen LogP) is 3.95. The molecule has 1 N–H and O–H groups in total. The van der Waals surface area contributed by atoms with E-state index in [0.717, 1.165) is 21.4 Å². The number of methoxy groups -OCH3 is 1. The van der Waals surface area contributed by atoms with E-state index in [9.17, 15) is 14.0 Å². The number of ether oxygens (including phenoxy) is 1. The summed E-state index contributed by atoms with van der Waals surface area (Å²) in [5, 5.41) is 4.65. The van der Waals surface area contributed by atoms with Crippen LogP contribution < -0.4 is 10.1 Å². The maximum atomic E-state index is 14.0. The Balaban J connectivity index is 1.68. The first-order valence-corrected chi connectivity index (χ1v) is 8.88. The number of hydrogen-bond acceptors (Lipinski definition) is 3. The van der Waals surface area contributed by atoms with E-state index in [-0.39, 0.29) is 6.54 Å². The maximum absolute atomic E-state index is 14.0. The molecule has 1 atom stereocenters. The van der Waals surface area contributed by atoms with Gasteiger partial charge in [-0.3, -0.25) is 9.69 Å². The molecule has 3 aromatic carbocycles. The molecule has 0 aliphatic carbocycles. The number of urea groups is 1. The molecule has 1 aliphatic rings. The number of rotatable bonds is 4. The van der Waals surface area contributed by atoms with Gasteiger partial charge in [0, 0.05) is 5.56 Å². The van der Waals surface area contributed by atoms with Crippen molar-refractivity contribution < 1.29 is 18.7 Å². The second-order valence-electron chi connectivity index (χ2n) is 6.97. The number of halogens is 1. The molecule has 3 aromatic rings. The Morgan fingerprint density at radius 3 is 2.50 bits per heavy atom. The molecule has 0 aromatic heterocycles. The Hall–Kier alpha value is -3.41. The number of amides is 3. The highest BCUT2D eigenvalue weighted by Gasteiger charge is 2.49. The molecule has 1 heterocycles. The molecule has 0 unspecified atom stereocenters. The van der Waals surface area contributed by atoms with Gasteiger partial charge in [-0.1, -0.05) is 36.4 Å². The van der Waals surface area contributed by atoms with Crippen molar-refractivity contribution in [2.24, 2.45) is 0 Å². The van der Waals surface area contributed by atoms with E-state index in [1.54, 1.807) is 32.2 Å². The summed E-state index contributed by atoms with van der Waals surface area (Å²) in [6, 6.07) is 16.8. The zero-order chi connectivity index (χ0) is 19.9. The van der Waals surface area contributed by atoms with Gasteiger partial charge in [-0.15, -0.1) is 0 Å². The molecule has 3 amide bonds. The zero-order valence-electron chi connectivity index (χ0n) is 15.5. The predicted molar refractivity (Wildman–Crippen MR) is 103 cm³/mol. The van der Waals surface area contributed by atoms with Crippen LogP contribution in [0.5, 0.6) is 5.75 Å². The van der Waals surface area contributed by atoms with Crippen LogP contribution in [0.3, 0.4) is 0 Å². The Labute approximate surface area is 161 Å². The van der Waals surface area contributed by atoms with Gasteiger partial charge >= 0.3 is 6.03 Å².